The van der Waals surface area contributed by atoms with Gasteiger partial charge in [0.15, 0.2) is 6.23 Å². The molecule has 23 heavy (non-hydrogen) atoms. The van der Waals surface area contributed by atoms with Crippen LogP contribution in [-0.4, -0.2) is 10.5 Å². The molecule has 0 bridgehead atoms. The summed E-state index contributed by atoms with van der Waals surface area (Å²) in [5, 5.41) is 1.15. The highest BCUT2D eigenvalue weighted by molar-refractivity contribution is 5.87. The Morgan fingerprint density at radius 3 is 2.48 bits per heavy atom. The van der Waals surface area contributed by atoms with Gasteiger partial charge >= 0.3 is 5.97 Å². The van der Waals surface area contributed by atoms with E-state index in [0.717, 1.165) is 35.0 Å². The zero-order chi connectivity index (χ0) is 16.2. The molecule has 0 aliphatic rings. The lowest BCUT2D eigenvalue weighted by molar-refractivity contribution is -0.151. The van der Waals surface area contributed by atoms with Gasteiger partial charge < -0.3 is 9.30 Å². The van der Waals surface area contributed by atoms with E-state index in [2.05, 4.69) is 41.8 Å². The summed E-state index contributed by atoms with van der Waals surface area (Å²) in [6, 6.07) is 20.6. The molecule has 1 unspecified atom stereocenters. The minimum absolute atomic E-state index is 0.250. The first-order chi connectivity index (χ1) is 11.2. The normalized spacial score (nSPS) is 12.3. The summed E-state index contributed by atoms with van der Waals surface area (Å²) in [6.45, 7) is 3.57. The molecule has 3 rings (SSSR count). The highest BCUT2D eigenvalue weighted by Crippen LogP contribution is 2.33. The van der Waals surface area contributed by atoms with Crippen molar-refractivity contribution in [3.63, 3.8) is 0 Å². The maximum absolute atomic E-state index is 11.6. The molecule has 0 saturated heterocycles. The lowest BCUT2D eigenvalue weighted by Gasteiger charge is -2.22. The predicted octanol–water partition coefficient (Wildman–Crippen LogP) is 5.17. The van der Waals surface area contributed by atoms with E-state index in [4.69, 9.17) is 4.74 Å². The topological polar surface area (TPSA) is 31.2 Å². The molecule has 1 aromatic heterocycles. The Labute approximate surface area is 136 Å². The number of carbonyl (C=O) groups excluding carboxylic acids is 1. The number of aromatic nitrogens is 1. The van der Waals surface area contributed by atoms with Crippen LogP contribution in [0.3, 0.4) is 0 Å². The van der Waals surface area contributed by atoms with Crippen LogP contribution in [0.15, 0.2) is 60.7 Å². The Morgan fingerprint density at radius 1 is 1.09 bits per heavy atom. The molecule has 3 nitrogen and oxygen atoms in total. The molecule has 118 valence electrons. The number of hydrogen-bond donors (Lipinski definition) is 0. The lowest BCUT2D eigenvalue weighted by atomic mass is 10.1. The smallest absolute Gasteiger partial charge is 0.304 e. The van der Waals surface area contributed by atoms with Crippen LogP contribution in [0.25, 0.3) is 22.2 Å². The molecule has 0 aliphatic heterocycles. The molecule has 0 saturated carbocycles. The van der Waals surface area contributed by atoms with Crippen LogP contribution in [0.2, 0.25) is 0 Å². The largest absolute Gasteiger partial charge is 0.441 e. The van der Waals surface area contributed by atoms with Crippen molar-refractivity contribution in [2.24, 2.45) is 0 Å². The quantitative estimate of drug-likeness (QED) is 0.609. The first-order valence-corrected chi connectivity index (χ1v) is 8.03. The average Bonchev–Trinajstić information content (AvgIpc) is 2.94. The van der Waals surface area contributed by atoms with E-state index in [1.165, 1.54) is 6.92 Å². The van der Waals surface area contributed by atoms with Gasteiger partial charge in [0, 0.05) is 18.7 Å². The molecule has 0 fully saturated rings. The summed E-state index contributed by atoms with van der Waals surface area (Å²) in [7, 11) is 0. The first kappa shape index (κ1) is 15.3. The second-order valence-corrected chi connectivity index (χ2v) is 5.68. The summed E-state index contributed by atoms with van der Waals surface area (Å²) in [5.41, 5.74) is 3.29. The van der Waals surface area contributed by atoms with Crippen molar-refractivity contribution < 1.29 is 9.53 Å². The van der Waals surface area contributed by atoms with Gasteiger partial charge in [-0.1, -0.05) is 61.9 Å². The number of rotatable bonds is 5. The van der Waals surface area contributed by atoms with Crippen molar-refractivity contribution in [1.82, 2.24) is 4.57 Å². The van der Waals surface area contributed by atoms with Crippen molar-refractivity contribution in [3.8, 4) is 11.3 Å². The zero-order valence-corrected chi connectivity index (χ0v) is 13.5. The van der Waals surface area contributed by atoms with Gasteiger partial charge in [-0.3, -0.25) is 4.79 Å². The van der Waals surface area contributed by atoms with E-state index in [9.17, 15) is 4.79 Å². The average molecular weight is 307 g/mol. The second-order valence-electron chi connectivity index (χ2n) is 5.68. The molecule has 1 atom stereocenters. The van der Waals surface area contributed by atoms with E-state index in [-0.39, 0.29) is 12.2 Å². The Kier molecular flexibility index (Phi) is 4.47. The van der Waals surface area contributed by atoms with Crippen LogP contribution < -0.4 is 0 Å². The van der Waals surface area contributed by atoms with Gasteiger partial charge in [-0.15, -0.1) is 0 Å². The molecule has 0 spiro atoms. The molecular weight excluding hydrogens is 286 g/mol. The maximum Gasteiger partial charge on any atom is 0.304 e. The first-order valence-electron chi connectivity index (χ1n) is 8.03. The van der Waals surface area contributed by atoms with Gasteiger partial charge in [-0.25, -0.2) is 0 Å². The van der Waals surface area contributed by atoms with Crippen molar-refractivity contribution in [2.75, 3.05) is 0 Å². The standard InChI is InChI=1S/C20H21NO2/c1-3-9-20(23-15(2)22)21-18-13-8-7-12-17(18)14-19(21)16-10-5-4-6-11-16/h4-8,10-14,20H,3,9H2,1-2H3. The third-order valence-corrected chi connectivity index (χ3v) is 3.94. The third-order valence-electron chi connectivity index (χ3n) is 3.94. The summed E-state index contributed by atoms with van der Waals surface area (Å²) in [5.74, 6) is -0.250. The van der Waals surface area contributed by atoms with Crippen LogP contribution in [-0.2, 0) is 9.53 Å². The monoisotopic (exact) mass is 307 g/mol. The minimum atomic E-state index is -0.285. The fourth-order valence-electron chi connectivity index (χ4n) is 3.00. The number of esters is 1. The van der Waals surface area contributed by atoms with E-state index >= 15 is 0 Å². The fourth-order valence-corrected chi connectivity index (χ4v) is 3.00. The number of nitrogens with zero attached hydrogens (tertiary/aromatic N) is 1. The zero-order valence-electron chi connectivity index (χ0n) is 13.5. The van der Waals surface area contributed by atoms with Gasteiger partial charge in [0.1, 0.15) is 0 Å². The van der Waals surface area contributed by atoms with Crippen molar-refractivity contribution >= 4 is 16.9 Å². The second kappa shape index (κ2) is 6.69. The van der Waals surface area contributed by atoms with E-state index < -0.39 is 0 Å². The number of ether oxygens (including phenoxy) is 1. The van der Waals surface area contributed by atoms with Crippen LogP contribution in [0, 0.1) is 0 Å². The van der Waals surface area contributed by atoms with Crippen molar-refractivity contribution in [3.05, 3.63) is 60.7 Å². The fraction of sp³-hybridized carbons (Fsp3) is 0.250. The SMILES string of the molecule is CCCC(OC(C)=O)n1c(-c2ccccc2)cc2ccccc21. The molecular formula is C20H21NO2. The molecule has 0 amide bonds. The van der Waals surface area contributed by atoms with Crippen LogP contribution in [0.1, 0.15) is 32.9 Å². The summed E-state index contributed by atoms with van der Waals surface area (Å²) in [6.07, 6.45) is 1.45. The van der Waals surface area contributed by atoms with E-state index in [1.54, 1.807) is 0 Å². The van der Waals surface area contributed by atoms with Gasteiger partial charge in [0.25, 0.3) is 0 Å². The Hall–Kier alpha value is -2.55. The molecule has 0 radical (unpaired) electrons. The molecule has 2 aromatic carbocycles. The summed E-state index contributed by atoms with van der Waals surface area (Å²) in [4.78, 5) is 11.6. The Bertz CT molecular complexity index is 805. The van der Waals surface area contributed by atoms with E-state index in [0.29, 0.717) is 0 Å². The number of benzene rings is 2. The highest BCUT2D eigenvalue weighted by Gasteiger charge is 2.20. The molecule has 0 N–H and O–H groups in total. The molecule has 3 heteroatoms. The van der Waals surface area contributed by atoms with Crippen molar-refractivity contribution in [1.29, 1.82) is 0 Å². The van der Waals surface area contributed by atoms with Crippen LogP contribution in [0.4, 0.5) is 0 Å². The third kappa shape index (κ3) is 3.14. The number of fused-ring (bicyclic) bond motifs is 1. The Morgan fingerprint density at radius 2 is 1.78 bits per heavy atom. The molecule has 3 aromatic rings. The van der Waals surface area contributed by atoms with Gasteiger partial charge in [-0.2, -0.15) is 0 Å². The van der Waals surface area contributed by atoms with Crippen LogP contribution in [0.5, 0.6) is 0 Å². The van der Waals surface area contributed by atoms with Gasteiger partial charge in [0.2, 0.25) is 0 Å². The number of hydrogen-bond acceptors (Lipinski definition) is 2. The summed E-state index contributed by atoms with van der Waals surface area (Å²) >= 11 is 0. The molecule has 1 heterocycles. The lowest BCUT2D eigenvalue weighted by Crippen LogP contribution is -2.16. The van der Waals surface area contributed by atoms with Crippen molar-refractivity contribution in [2.45, 2.75) is 32.9 Å². The number of para-hydroxylation sites is 1. The minimum Gasteiger partial charge on any atom is -0.441 e. The maximum atomic E-state index is 11.6. The predicted molar refractivity (Wildman–Crippen MR) is 93.1 cm³/mol. The van der Waals surface area contributed by atoms with Gasteiger partial charge in [-0.05, 0) is 17.7 Å². The van der Waals surface area contributed by atoms with Gasteiger partial charge in [0.05, 0.1) is 11.2 Å². The Balaban J connectivity index is 2.21. The highest BCUT2D eigenvalue weighted by atomic mass is 16.6. The molecule has 0 aliphatic carbocycles. The van der Waals surface area contributed by atoms with Crippen LogP contribution >= 0.6 is 0 Å². The number of carbonyl (C=O) groups is 1. The summed E-state index contributed by atoms with van der Waals surface area (Å²) < 4.78 is 7.78. The van der Waals surface area contributed by atoms with E-state index in [1.807, 2.05) is 30.3 Å².